The summed E-state index contributed by atoms with van der Waals surface area (Å²) in [5.74, 6) is -0.445. The fourth-order valence-electron chi connectivity index (χ4n) is 0.956. The Bertz CT molecular complexity index is 196. The van der Waals surface area contributed by atoms with Crippen LogP contribution in [0.4, 0.5) is 0 Å². The van der Waals surface area contributed by atoms with Gasteiger partial charge in [-0.25, -0.2) is 0 Å². The molecule has 0 saturated heterocycles. The first kappa shape index (κ1) is 13.0. The highest BCUT2D eigenvalue weighted by Gasteiger charge is 2.21. The summed E-state index contributed by atoms with van der Waals surface area (Å²) >= 11 is 0. The fourth-order valence-corrected chi connectivity index (χ4v) is 0.956. The lowest BCUT2D eigenvalue weighted by atomic mass is 10.1. The lowest BCUT2D eigenvalue weighted by Gasteiger charge is -2.19. The molecule has 4 N–H and O–H groups in total. The number of hydrogen-bond acceptors (Lipinski definition) is 5. The van der Waals surface area contributed by atoms with Crippen molar-refractivity contribution in [2.45, 2.75) is 31.6 Å². The van der Waals surface area contributed by atoms with Crippen LogP contribution in [0.25, 0.3) is 0 Å². The van der Waals surface area contributed by atoms with Crippen molar-refractivity contribution in [2.24, 2.45) is 0 Å². The van der Waals surface area contributed by atoms with E-state index in [-0.39, 0.29) is 6.42 Å². The van der Waals surface area contributed by atoms with E-state index in [0.29, 0.717) is 6.29 Å². The van der Waals surface area contributed by atoms with Crippen LogP contribution in [-0.4, -0.2) is 52.4 Å². The first-order valence-electron chi connectivity index (χ1n) is 4.20. The maximum absolute atomic E-state index is 10.6. The predicted molar refractivity (Wildman–Crippen MR) is 47.4 cm³/mol. The molecule has 0 bridgehead atoms. The van der Waals surface area contributed by atoms with E-state index in [1.54, 1.807) is 0 Å². The molecule has 0 aromatic heterocycles. The van der Waals surface area contributed by atoms with Crippen LogP contribution in [0.3, 0.4) is 0 Å². The average molecular weight is 205 g/mol. The Hall–Kier alpha value is -0.980. The van der Waals surface area contributed by atoms with Crippen molar-refractivity contribution < 1.29 is 24.9 Å². The van der Waals surface area contributed by atoms with Crippen molar-refractivity contribution in [2.75, 3.05) is 6.61 Å². The molecule has 0 aromatic rings. The molecule has 0 aliphatic carbocycles. The van der Waals surface area contributed by atoms with Gasteiger partial charge in [-0.15, -0.1) is 0 Å². The van der Waals surface area contributed by atoms with Gasteiger partial charge >= 0.3 is 0 Å². The van der Waals surface area contributed by atoms with Crippen molar-refractivity contribution in [3.63, 3.8) is 0 Å². The van der Waals surface area contributed by atoms with Crippen molar-refractivity contribution in [1.29, 1.82) is 0 Å². The normalized spacial score (nSPS) is 16.9. The Morgan fingerprint density at radius 2 is 2.07 bits per heavy atom. The van der Waals surface area contributed by atoms with Gasteiger partial charge in [0.2, 0.25) is 5.91 Å². The van der Waals surface area contributed by atoms with Crippen molar-refractivity contribution in [3.05, 3.63) is 0 Å². The van der Waals surface area contributed by atoms with Crippen LogP contribution in [0.5, 0.6) is 0 Å². The molecule has 0 spiro atoms. The molecule has 82 valence electrons. The van der Waals surface area contributed by atoms with E-state index in [0.717, 1.165) is 0 Å². The van der Waals surface area contributed by atoms with Gasteiger partial charge in [-0.2, -0.15) is 0 Å². The second-order valence-electron chi connectivity index (χ2n) is 3.00. The molecular weight excluding hydrogens is 190 g/mol. The van der Waals surface area contributed by atoms with E-state index >= 15 is 0 Å². The number of carbonyl (C=O) groups excluding carboxylic acids is 2. The van der Waals surface area contributed by atoms with Gasteiger partial charge in [-0.1, -0.05) is 0 Å². The molecule has 0 aliphatic rings. The average Bonchev–Trinajstić information content (AvgIpc) is 2.13. The smallest absolute Gasteiger partial charge is 0.217 e. The fraction of sp³-hybridized carbons (Fsp3) is 0.750. The first-order valence-corrected chi connectivity index (χ1v) is 4.20. The largest absolute Gasteiger partial charge is 0.394 e. The Morgan fingerprint density at radius 3 is 2.43 bits per heavy atom. The predicted octanol–water partition coefficient (Wildman–Crippen LogP) is -2.21. The van der Waals surface area contributed by atoms with Gasteiger partial charge in [0.15, 0.2) is 0 Å². The highest BCUT2D eigenvalue weighted by Crippen LogP contribution is 2.01. The van der Waals surface area contributed by atoms with E-state index in [1.807, 2.05) is 0 Å². The van der Waals surface area contributed by atoms with Crippen LogP contribution < -0.4 is 5.32 Å². The summed E-state index contributed by atoms with van der Waals surface area (Å²) in [5.41, 5.74) is 0. The monoisotopic (exact) mass is 205 g/mol. The molecule has 0 fully saturated rings. The van der Waals surface area contributed by atoms with Gasteiger partial charge in [0.1, 0.15) is 12.3 Å². The third kappa shape index (κ3) is 4.90. The van der Waals surface area contributed by atoms with E-state index in [4.69, 9.17) is 10.2 Å². The van der Waals surface area contributed by atoms with Crippen LogP contribution in [0.1, 0.15) is 13.3 Å². The van der Waals surface area contributed by atoms with Crippen LogP contribution in [0, 0.1) is 0 Å². The minimum atomic E-state index is -1.20. The summed E-state index contributed by atoms with van der Waals surface area (Å²) < 4.78 is 0. The minimum Gasteiger partial charge on any atom is -0.394 e. The van der Waals surface area contributed by atoms with Crippen LogP contribution in [0.2, 0.25) is 0 Å². The molecule has 0 rings (SSSR count). The first-order chi connectivity index (χ1) is 6.51. The highest BCUT2D eigenvalue weighted by molar-refractivity contribution is 5.77. The topological polar surface area (TPSA) is 107 Å². The molecule has 0 heterocycles. The Labute approximate surface area is 81.5 Å². The van der Waals surface area contributed by atoms with Crippen molar-refractivity contribution in [1.82, 2.24) is 5.32 Å². The maximum Gasteiger partial charge on any atom is 0.217 e. The van der Waals surface area contributed by atoms with Gasteiger partial charge in [0.05, 0.1) is 18.8 Å². The lowest BCUT2D eigenvalue weighted by molar-refractivity contribution is -0.124. The van der Waals surface area contributed by atoms with E-state index in [2.05, 4.69) is 5.32 Å². The third-order valence-corrected chi connectivity index (χ3v) is 1.66. The minimum absolute atomic E-state index is 0.166. The molecule has 1 amide bonds. The van der Waals surface area contributed by atoms with Gasteiger partial charge in [0, 0.05) is 13.3 Å². The Balaban J connectivity index is 4.09. The number of hydrogen-bond donors (Lipinski definition) is 4. The molecule has 0 saturated carbocycles. The second-order valence-corrected chi connectivity index (χ2v) is 3.00. The summed E-state index contributed by atoms with van der Waals surface area (Å²) in [6.45, 7) is 0.717. The zero-order chi connectivity index (χ0) is 11.1. The molecule has 0 aliphatic heterocycles. The molecule has 14 heavy (non-hydrogen) atoms. The molecule has 6 nitrogen and oxygen atoms in total. The molecule has 0 radical (unpaired) electrons. The molecule has 0 unspecified atom stereocenters. The summed E-state index contributed by atoms with van der Waals surface area (Å²) in [4.78, 5) is 21.0. The molecule has 3 atom stereocenters. The van der Waals surface area contributed by atoms with Crippen LogP contribution in [-0.2, 0) is 9.59 Å². The van der Waals surface area contributed by atoms with Gasteiger partial charge in [-0.05, 0) is 0 Å². The number of carbonyl (C=O) groups is 2. The SMILES string of the molecule is CC(=O)N[C@H](C=O)[C@@H](O)C[C@H](O)CO. The second kappa shape index (κ2) is 6.47. The maximum atomic E-state index is 10.6. The summed E-state index contributed by atoms with van der Waals surface area (Å²) in [6.07, 6.45) is -2.07. The van der Waals surface area contributed by atoms with Crippen molar-refractivity contribution in [3.8, 4) is 0 Å². The molecule has 0 aromatic carbocycles. The van der Waals surface area contributed by atoms with Crippen LogP contribution >= 0.6 is 0 Å². The standard InChI is InChI=1S/C8H15NO5/c1-5(12)9-7(4-11)8(14)2-6(13)3-10/h4,6-8,10,13-14H,2-3H2,1H3,(H,9,12)/t6-,7+,8-/m0/s1. The van der Waals surface area contributed by atoms with E-state index < -0.39 is 30.8 Å². The number of aldehydes is 1. The summed E-state index contributed by atoms with van der Waals surface area (Å²) in [6, 6.07) is -1.05. The quantitative estimate of drug-likeness (QED) is 0.368. The number of amides is 1. The van der Waals surface area contributed by atoms with E-state index in [9.17, 15) is 14.7 Å². The van der Waals surface area contributed by atoms with Gasteiger partial charge in [0.25, 0.3) is 0 Å². The number of nitrogens with one attached hydrogen (secondary N) is 1. The number of aliphatic hydroxyl groups is 3. The van der Waals surface area contributed by atoms with Crippen LogP contribution in [0.15, 0.2) is 0 Å². The number of rotatable bonds is 6. The third-order valence-electron chi connectivity index (χ3n) is 1.66. The Kier molecular flexibility index (Phi) is 6.02. The van der Waals surface area contributed by atoms with Crippen molar-refractivity contribution >= 4 is 12.2 Å². The zero-order valence-electron chi connectivity index (χ0n) is 7.88. The summed E-state index contributed by atoms with van der Waals surface area (Å²) in [7, 11) is 0. The summed E-state index contributed by atoms with van der Waals surface area (Å²) in [5, 5.41) is 29.0. The molecule has 6 heteroatoms. The zero-order valence-corrected chi connectivity index (χ0v) is 7.88. The number of aliphatic hydroxyl groups excluding tert-OH is 3. The Morgan fingerprint density at radius 1 is 1.50 bits per heavy atom. The van der Waals surface area contributed by atoms with Gasteiger partial charge < -0.3 is 25.4 Å². The lowest BCUT2D eigenvalue weighted by Crippen LogP contribution is -2.45. The van der Waals surface area contributed by atoms with Gasteiger partial charge in [-0.3, -0.25) is 4.79 Å². The highest BCUT2D eigenvalue weighted by atomic mass is 16.3. The molecular formula is C8H15NO5. The van der Waals surface area contributed by atoms with E-state index in [1.165, 1.54) is 6.92 Å².